The molecular weight excluding hydrogens is 388 g/mol. The first-order valence-electron chi connectivity index (χ1n) is 9.48. The van der Waals surface area contributed by atoms with Gasteiger partial charge in [-0.3, -0.25) is 0 Å². The van der Waals surface area contributed by atoms with Crippen molar-refractivity contribution in [3.05, 3.63) is 47.5 Å². The smallest absolute Gasteiger partial charge is 0.198 e. The van der Waals surface area contributed by atoms with Gasteiger partial charge in [0.1, 0.15) is 17.2 Å². The quantitative estimate of drug-likeness (QED) is 0.429. The van der Waals surface area contributed by atoms with Crippen molar-refractivity contribution in [2.45, 2.75) is 6.42 Å². The molecule has 7 heteroatoms. The molecule has 0 saturated heterocycles. The van der Waals surface area contributed by atoms with E-state index in [1.165, 1.54) is 0 Å². The number of para-hydroxylation sites is 1. The lowest BCUT2D eigenvalue weighted by Gasteiger charge is -2.12. The molecule has 4 aromatic rings. The minimum absolute atomic E-state index is 0.517. The van der Waals surface area contributed by atoms with Gasteiger partial charge in [0.2, 0.25) is 0 Å². The number of furan rings is 1. The highest BCUT2D eigenvalue weighted by Gasteiger charge is 2.16. The van der Waals surface area contributed by atoms with E-state index in [9.17, 15) is 0 Å². The summed E-state index contributed by atoms with van der Waals surface area (Å²) in [6.45, 7) is 1.83. The summed E-state index contributed by atoms with van der Waals surface area (Å²) in [4.78, 5) is 11.6. The Morgan fingerprint density at radius 3 is 2.72 bits per heavy atom. The van der Waals surface area contributed by atoms with Crippen LogP contribution in [0.1, 0.15) is 6.42 Å². The van der Waals surface area contributed by atoms with Crippen LogP contribution in [0, 0.1) is 0 Å². The van der Waals surface area contributed by atoms with E-state index in [1.807, 2.05) is 36.4 Å². The van der Waals surface area contributed by atoms with Crippen LogP contribution in [0.2, 0.25) is 5.02 Å². The Morgan fingerprint density at radius 1 is 1.10 bits per heavy atom. The van der Waals surface area contributed by atoms with Crippen molar-refractivity contribution in [3.63, 3.8) is 0 Å². The Balaban J connectivity index is 1.74. The van der Waals surface area contributed by atoms with Crippen LogP contribution in [0.25, 0.3) is 33.5 Å². The van der Waals surface area contributed by atoms with Crippen molar-refractivity contribution in [3.8, 4) is 17.3 Å². The van der Waals surface area contributed by atoms with Crippen LogP contribution >= 0.6 is 11.6 Å². The maximum absolute atomic E-state index is 6.44. The fraction of sp³-hybridized carbons (Fsp3) is 0.273. The molecule has 0 fully saturated rings. The number of nitrogens with zero attached hydrogens (tertiary/aromatic N) is 3. The molecule has 0 unspecified atom stereocenters. The number of aromatic nitrogens is 2. The van der Waals surface area contributed by atoms with Crippen molar-refractivity contribution in [2.24, 2.45) is 0 Å². The number of anilines is 1. The van der Waals surface area contributed by atoms with Crippen molar-refractivity contribution < 1.29 is 9.15 Å². The summed E-state index contributed by atoms with van der Waals surface area (Å²) < 4.78 is 11.3. The molecular formula is C22H23ClN4O2. The molecule has 0 spiro atoms. The standard InChI is InChI=1S/C22H23ClN4O2/c1-27(2)12-6-11-24-21-14-7-4-5-8-16(14)25-22(26-21)19-13-15-17(29-19)9-10-18(28-3)20(15)23/h4-5,7-10,13H,6,11-12H2,1-3H3,(H,24,25,26). The Kier molecular flexibility index (Phi) is 5.56. The van der Waals surface area contributed by atoms with E-state index in [-0.39, 0.29) is 0 Å². The zero-order chi connectivity index (χ0) is 20.4. The number of ether oxygens (including phenoxy) is 1. The second kappa shape index (κ2) is 8.27. The molecule has 2 heterocycles. The van der Waals surface area contributed by atoms with Crippen LogP contribution in [-0.2, 0) is 0 Å². The van der Waals surface area contributed by atoms with Gasteiger partial charge in [0.15, 0.2) is 11.6 Å². The van der Waals surface area contributed by atoms with Gasteiger partial charge in [-0.05, 0) is 57.4 Å². The van der Waals surface area contributed by atoms with Gasteiger partial charge in [-0.25, -0.2) is 9.97 Å². The lowest BCUT2D eigenvalue weighted by atomic mass is 10.2. The first-order valence-corrected chi connectivity index (χ1v) is 9.86. The predicted octanol–water partition coefficient (Wildman–Crippen LogP) is 5.07. The highest BCUT2D eigenvalue weighted by molar-refractivity contribution is 6.37. The molecule has 0 radical (unpaired) electrons. The summed E-state index contributed by atoms with van der Waals surface area (Å²) in [7, 11) is 5.73. The molecule has 0 atom stereocenters. The molecule has 0 amide bonds. The molecule has 0 aliphatic heterocycles. The van der Waals surface area contributed by atoms with E-state index >= 15 is 0 Å². The van der Waals surface area contributed by atoms with E-state index in [1.54, 1.807) is 13.2 Å². The summed E-state index contributed by atoms with van der Waals surface area (Å²) in [5.41, 5.74) is 1.53. The summed E-state index contributed by atoms with van der Waals surface area (Å²) in [6.07, 6.45) is 1.01. The topological polar surface area (TPSA) is 63.4 Å². The Hall–Kier alpha value is -2.83. The van der Waals surface area contributed by atoms with Gasteiger partial charge in [0.05, 0.1) is 17.6 Å². The predicted molar refractivity (Wildman–Crippen MR) is 118 cm³/mol. The number of rotatable bonds is 7. The molecule has 29 heavy (non-hydrogen) atoms. The Labute approximate surface area is 174 Å². The highest BCUT2D eigenvalue weighted by Crippen LogP contribution is 2.37. The molecule has 4 rings (SSSR count). The monoisotopic (exact) mass is 410 g/mol. The van der Waals surface area contributed by atoms with Gasteiger partial charge in [-0.15, -0.1) is 0 Å². The number of hydrogen-bond donors (Lipinski definition) is 1. The van der Waals surface area contributed by atoms with Gasteiger partial charge >= 0.3 is 0 Å². The molecule has 6 nitrogen and oxygen atoms in total. The lowest BCUT2D eigenvalue weighted by molar-refractivity contribution is 0.405. The second-order valence-electron chi connectivity index (χ2n) is 7.10. The largest absolute Gasteiger partial charge is 0.495 e. The van der Waals surface area contributed by atoms with Gasteiger partial charge in [-0.1, -0.05) is 23.7 Å². The third kappa shape index (κ3) is 3.99. The molecule has 0 bridgehead atoms. The van der Waals surface area contributed by atoms with Crippen molar-refractivity contribution >= 4 is 39.3 Å². The summed E-state index contributed by atoms with van der Waals surface area (Å²) in [5.74, 6) is 2.49. The van der Waals surface area contributed by atoms with Crippen LogP contribution < -0.4 is 10.1 Å². The summed E-state index contributed by atoms with van der Waals surface area (Å²) in [6, 6.07) is 13.4. The molecule has 1 N–H and O–H groups in total. The maximum Gasteiger partial charge on any atom is 0.198 e. The van der Waals surface area contributed by atoms with Crippen LogP contribution in [0.15, 0.2) is 46.9 Å². The molecule has 0 aliphatic carbocycles. The van der Waals surface area contributed by atoms with E-state index in [0.29, 0.717) is 27.9 Å². The van der Waals surface area contributed by atoms with Crippen molar-refractivity contribution in [1.82, 2.24) is 14.9 Å². The SMILES string of the molecule is COc1ccc2oc(-c3nc(NCCCN(C)C)c4ccccc4n3)cc2c1Cl. The summed E-state index contributed by atoms with van der Waals surface area (Å²) >= 11 is 6.44. The molecule has 2 aromatic heterocycles. The van der Waals surface area contributed by atoms with Crippen LogP contribution in [0.3, 0.4) is 0 Å². The Morgan fingerprint density at radius 2 is 1.93 bits per heavy atom. The van der Waals surface area contributed by atoms with E-state index < -0.39 is 0 Å². The fourth-order valence-electron chi connectivity index (χ4n) is 3.25. The van der Waals surface area contributed by atoms with Gasteiger partial charge in [0.25, 0.3) is 0 Å². The number of halogens is 1. The van der Waals surface area contributed by atoms with Gasteiger partial charge in [-0.2, -0.15) is 0 Å². The van der Waals surface area contributed by atoms with Crippen molar-refractivity contribution in [1.29, 1.82) is 0 Å². The van der Waals surface area contributed by atoms with Crippen LogP contribution in [0.4, 0.5) is 5.82 Å². The normalized spacial score (nSPS) is 11.5. The second-order valence-corrected chi connectivity index (χ2v) is 7.48. The zero-order valence-electron chi connectivity index (χ0n) is 16.7. The van der Waals surface area contributed by atoms with Crippen molar-refractivity contribution in [2.75, 3.05) is 39.6 Å². The third-order valence-corrected chi connectivity index (χ3v) is 5.11. The molecule has 150 valence electrons. The average Bonchev–Trinajstić information content (AvgIpc) is 3.16. The molecule has 0 aliphatic rings. The minimum Gasteiger partial charge on any atom is -0.495 e. The minimum atomic E-state index is 0.517. The number of methoxy groups -OCH3 is 1. The van der Waals surface area contributed by atoms with Crippen LogP contribution in [-0.4, -0.2) is 49.2 Å². The van der Waals surface area contributed by atoms with E-state index in [0.717, 1.165) is 41.6 Å². The lowest BCUT2D eigenvalue weighted by Crippen LogP contribution is -2.16. The first kappa shape index (κ1) is 19.5. The zero-order valence-corrected chi connectivity index (χ0v) is 17.5. The maximum atomic E-state index is 6.44. The molecule has 0 saturated carbocycles. The Bertz CT molecular complexity index is 1160. The number of benzene rings is 2. The number of fused-ring (bicyclic) bond motifs is 2. The van der Waals surface area contributed by atoms with Gasteiger partial charge < -0.3 is 19.4 Å². The van der Waals surface area contributed by atoms with E-state index in [4.69, 9.17) is 30.7 Å². The first-order chi connectivity index (χ1) is 14.1. The van der Waals surface area contributed by atoms with E-state index in [2.05, 4.69) is 24.3 Å². The highest BCUT2D eigenvalue weighted by atomic mass is 35.5. The fourth-order valence-corrected chi connectivity index (χ4v) is 3.54. The molecule has 2 aromatic carbocycles. The number of nitrogens with one attached hydrogen (secondary N) is 1. The van der Waals surface area contributed by atoms with Gasteiger partial charge in [0, 0.05) is 17.3 Å². The van der Waals surface area contributed by atoms with Crippen LogP contribution in [0.5, 0.6) is 5.75 Å². The number of hydrogen-bond acceptors (Lipinski definition) is 6. The third-order valence-electron chi connectivity index (χ3n) is 4.72. The summed E-state index contributed by atoms with van der Waals surface area (Å²) in [5, 5.41) is 5.73. The average molecular weight is 411 g/mol.